The Morgan fingerprint density at radius 2 is 2.12 bits per heavy atom. The molecule has 1 aliphatic carbocycles. The summed E-state index contributed by atoms with van der Waals surface area (Å²) in [6, 6.07) is 0.329. The Kier molecular flexibility index (Phi) is 4.56. The molecule has 0 radical (unpaired) electrons. The number of nitrogens with one attached hydrogen (secondary N) is 1. The number of anilines is 1. The third kappa shape index (κ3) is 3.28. The van der Waals surface area contributed by atoms with Gasteiger partial charge in [0.15, 0.2) is 0 Å². The zero-order valence-electron chi connectivity index (χ0n) is 15.6. The standard InChI is InChI=1S/C19H26N4O3/c1-11(2)23-10-14(9-20-23)15-8-16(15)18(24)21-19-12(3)17(22-26-19)13-4-6-25-7-5-13/h9-11,13,15-16H,4-8H2,1-3H3,(H,21,24). The Balaban J connectivity index is 1.39. The Labute approximate surface area is 153 Å². The Hall–Kier alpha value is -2.15. The summed E-state index contributed by atoms with van der Waals surface area (Å²) in [4.78, 5) is 12.6. The summed E-state index contributed by atoms with van der Waals surface area (Å²) >= 11 is 0. The first-order valence-corrected chi connectivity index (χ1v) is 9.43. The van der Waals surface area contributed by atoms with Crippen molar-refractivity contribution >= 4 is 11.8 Å². The number of hydrogen-bond acceptors (Lipinski definition) is 5. The van der Waals surface area contributed by atoms with Gasteiger partial charge in [-0.15, -0.1) is 0 Å². The van der Waals surface area contributed by atoms with Crippen LogP contribution in [0.5, 0.6) is 0 Å². The average Bonchev–Trinajstić information content (AvgIpc) is 3.13. The summed E-state index contributed by atoms with van der Waals surface area (Å²) in [5.41, 5.74) is 3.03. The van der Waals surface area contributed by atoms with E-state index >= 15 is 0 Å². The van der Waals surface area contributed by atoms with Gasteiger partial charge in [0.1, 0.15) is 0 Å². The number of ether oxygens (including phenoxy) is 1. The third-order valence-corrected chi connectivity index (χ3v) is 5.51. The highest BCUT2D eigenvalue weighted by molar-refractivity contribution is 5.94. The summed E-state index contributed by atoms with van der Waals surface area (Å²) in [5.74, 6) is 1.08. The van der Waals surface area contributed by atoms with Gasteiger partial charge >= 0.3 is 0 Å². The number of aromatic nitrogens is 3. The summed E-state index contributed by atoms with van der Waals surface area (Å²) in [6.45, 7) is 7.67. The van der Waals surface area contributed by atoms with Crippen molar-refractivity contribution in [1.29, 1.82) is 0 Å². The lowest BCUT2D eigenvalue weighted by molar-refractivity contribution is -0.117. The molecule has 1 aliphatic heterocycles. The van der Waals surface area contributed by atoms with Crippen LogP contribution in [-0.2, 0) is 9.53 Å². The van der Waals surface area contributed by atoms with E-state index in [1.807, 2.05) is 24.0 Å². The van der Waals surface area contributed by atoms with Crippen molar-refractivity contribution < 1.29 is 14.1 Å². The SMILES string of the molecule is Cc1c(C2CCOCC2)noc1NC(=O)C1CC1c1cnn(C(C)C)c1. The van der Waals surface area contributed by atoms with Crippen molar-refractivity contribution in [1.82, 2.24) is 14.9 Å². The van der Waals surface area contributed by atoms with Crippen molar-refractivity contribution in [2.24, 2.45) is 5.92 Å². The first kappa shape index (κ1) is 17.3. The van der Waals surface area contributed by atoms with Crippen LogP contribution in [0.3, 0.4) is 0 Å². The van der Waals surface area contributed by atoms with Crippen LogP contribution in [0.15, 0.2) is 16.9 Å². The van der Waals surface area contributed by atoms with E-state index in [9.17, 15) is 4.79 Å². The molecule has 4 rings (SSSR count). The molecule has 2 atom stereocenters. The molecular formula is C19H26N4O3. The number of hydrogen-bond donors (Lipinski definition) is 1. The molecule has 0 spiro atoms. The number of rotatable bonds is 5. The first-order chi connectivity index (χ1) is 12.5. The summed E-state index contributed by atoms with van der Waals surface area (Å²) in [6.07, 6.45) is 6.68. The molecule has 2 unspecified atom stereocenters. The minimum absolute atomic E-state index is 0.00470. The van der Waals surface area contributed by atoms with Crippen LogP contribution in [0, 0.1) is 12.8 Å². The minimum atomic E-state index is -0.0177. The van der Waals surface area contributed by atoms with Gasteiger partial charge in [-0.2, -0.15) is 5.10 Å². The Morgan fingerprint density at radius 3 is 2.81 bits per heavy atom. The maximum atomic E-state index is 12.6. The first-order valence-electron chi connectivity index (χ1n) is 9.43. The van der Waals surface area contributed by atoms with E-state index < -0.39 is 0 Å². The molecule has 0 bridgehead atoms. The molecule has 7 heteroatoms. The highest BCUT2D eigenvalue weighted by Crippen LogP contribution is 2.48. The quantitative estimate of drug-likeness (QED) is 0.886. The average molecular weight is 358 g/mol. The molecule has 1 amide bonds. The topological polar surface area (TPSA) is 82.2 Å². The van der Waals surface area contributed by atoms with E-state index in [0.29, 0.717) is 17.8 Å². The molecule has 7 nitrogen and oxygen atoms in total. The van der Waals surface area contributed by atoms with Crippen LogP contribution >= 0.6 is 0 Å². The lowest BCUT2D eigenvalue weighted by Crippen LogP contribution is -2.16. The molecule has 3 heterocycles. The summed E-state index contributed by atoms with van der Waals surface area (Å²) in [5, 5.41) is 11.5. The van der Waals surface area contributed by atoms with E-state index in [4.69, 9.17) is 9.26 Å². The van der Waals surface area contributed by atoms with Crippen molar-refractivity contribution in [3.8, 4) is 0 Å². The van der Waals surface area contributed by atoms with Crippen molar-refractivity contribution in [2.75, 3.05) is 18.5 Å². The van der Waals surface area contributed by atoms with Crippen LogP contribution in [0.1, 0.15) is 67.8 Å². The molecule has 2 aliphatic rings. The molecule has 26 heavy (non-hydrogen) atoms. The molecule has 0 aromatic carbocycles. The molecule has 1 saturated heterocycles. The highest BCUT2D eigenvalue weighted by Gasteiger charge is 2.45. The number of carbonyl (C=O) groups excluding carboxylic acids is 1. The largest absolute Gasteiger partial charge is 0.381 e. The van der Waals surface area contributed by atoms with Crippen LogP contribution in [0.2, 0.25) is 0 Å². The Bertz CT molecular complexity index is 789. The predicted octanol–water partition coefficient (Wildman–Crippen LogP) is 3.40. The number of amides is 1. The molecule has 2 aromatic rings. The summed E-state index contributed by atoms with van der Waals surface area (Å²) < 4.78 is 12.8. The second-order valence-corrected chi connectivity index (χ2v) is 7.69. The second kappa shape index (κ2) is 6.87. The maximum Gasteiger partial charge on any atom is 0.234 e. The smallest absolute Gasteiger partial charge is 0.234 e. The molecule has 140 valence electrons. The van der Waals surface area contributed by atoms with Gasteiger partial charge in [-0.1, -0.05) is 5.16 Å². The van der Waals surface area contributed by atoms with Gasteiger partial charge in [-0.25, -0.2) is 0 Å². The van der Waals surface area contributed by atoms with Gasteiger partial charge in [-0.05, 0) is 51.5 Å². The zero-order valence-corrected chi connectivity index (χ0v) is 15.6. The third-order valence-electron chi connectivity index (χ3n) is 5.51. The normalized spacial score (nSPS) is 23.4. The Morgan fingerprint density at radius 1 is 1.35 bits per heavy atom. The van der Waals surface area contributed by atoms with E-state index in [-0.39, 0.29) is 17.7 Å². The van der Waals surface area contributed by atoms with Gasteiger partial charge in [0, 0.05) is 42.9 Å². The zero-order chi connectivity index (χ0) is 18.3. The molecular weight excluding hydrogens is 332 g/mol. The van der Waals surface area contributed by atoms with E-state index in [1.165, 1.54) is 0 Å². The molecule has 1 saturated carbocycles. The highest BCUT2D eigenvalue weighted by atomic mass is 16.5. The van der Waals surface area contributed by atoms with Crippen molar-refractivity contribution in [3.05, 3.63) is 29.2 Å². The summed E-state index contributed by atoms with van der Waals surface area (Å²) in [7, 11) is 0. The van der Waals surface area contributed by atoms with Crippen LogP contribution in [-0.4, -0.2) is 34.1 Å². The van der Waals surface area contributed by atoms with E-state index in [0.717, 1.165) is 49.3 Å². The fourth-order valence-corrected chi connectivity index (χ4v) is 3.70. The van der Waals surface area contributed by atoms with Crippen molar-refractivity contribution in [3.63, 3.8) is 0 Å². The second-order valence-electron chi connectivity index (χ2n) is 7.69. The van der Waals surface area contributed by atoms with E-state index in [2.05, 4.69) is 29.4 Å². The molecule has 2 fully saturated rings. The van der Waals surface area contributed by atoms with Gasteiger partial charge in [0.2, 0.25) is 11.8 Å². The van der Waals surface area contributed by atoms with Gasteiger partial charge in [-0.3, -0.25) is 14.8 Å². The maximum absolute atomic E-state index is 12.6. The number of carbonyl (C=O) groups is 1. The van der Waals surface area contributed by atoms with Crippen LogP contribution in [0.4, 0.5) is 5.88 Å². The van der Waals surface area contributed by atoms with Gasteiger partial charge in [0.05, 0.1) is 11.9 Å². The fraction of sp³-hybridized carbons (Fsp3) is 0.632. The molecule has 1 N–H and O–H groups in total. The van der Waals surface area contributed by atoms with Crippen LogP contribution in [0.25, 0.3) is 0 Å². The monoisotopic (exact) mass is 358 g/mol. The van der Waals surface area contributed by atoms with Crippen molar-refractivity contribution in [2.45, 2.75) is 57.9 Å². The molecule has 2 aromatic heterocycles. The lowest BCUT2D eigenvalue weighted by Gasteiger charge is -2.20. The van der Waals surface area contributed by atoms with E-state index in [1.54, 1.807) is 0 Å². The van der Waals surface area contributed by atoms with Crippen LogP contribution < -0.4 is 5.32 Å². The van der Waals surface area contributed by atoms with Gasteiger partial charge < -0.3 is 9.26 Å². The predicted molar refractivity (Wildman–Crippen MR) is 96.1 cm³/mol. The number of nitrogens with zero attached hydrogens (tertiary/aromatic N) is 3. The lowest BCUT2D eigenvalue weighted by atomic mass is 9.94. The minimum Gasteiger partial charge on any atom is -0.381 e. The van der Waals surface area contributed by atoms with Gasteiger partial charge in [0.25, 0.3) is 0 Å². The fourth-order valence-electron chi connectivity index (χ4n) is 3.70.